The third-order valence-electron chi connectivity index (χ3n) is 3.14. The number of nitrogens with one attached hydrogen (secondary N) is 1. The Balaban J connectivity index is 2.01. The molecule has 1 heterocycles. The summed E-state index contributed by atoms with van der Waals surface area (Å²) in [5, 5.41) is 20.5. The SMILES string of the molecule is CB(O)NCCCn1cc[n+](C)c1N=Nc1ccc(F)cc1. The number of hydrogen-bond donors (Lipinski definition) is 2. The van der Waals surface area contributed by atoms with Crippen LogP contribution in [0.3, 0.4) is 0 Å². The zero-order valence-electron chi connectivity index (χ0n) is 12.8. The van der Waals surface area contributed by atoms with Crippen molar-refractivity contribution in [2.45, 2.75) is 19.8 Å². The molecule has 2 aromatic rings. The topological polar surface area (TPSA) is 65.8 Å². The molecule has 0 saturated heterocycles. The van der Waals surface area contributed by atoms with Crippen molar-refractivity contribution in [1.82, 2.24) is 9.79 Å². The average molecular weight is 304 g/mol. The first-order chi connectivity index (χ1) is 10.6. The molecule has 2 rings (SSSR count). The third-order valence-corrected chi connectivity index (χ3v) is 3.14. The molecule has 0 bridgehead atoms. The van der Waals surface area contributed by atoms with Crippen molar-refractivity contribution in [3.63, 3.8) is 0 Å². The number of halogens is 1. The van der Waals surface area contributed by atoms with Gasteiger partial charge in [-0.3, -0.25) is 0 Å². The zero-order chi connectivity index (χ0) is 15.9. The van der Waals surface area contributed by atoms with E-state index < -0.39 is 7.05 Å². The van der Waals surface area contributed by atoms with Gasteiger partial charge in [-0.2, -0.15) is 0 Å². The van der Waals surface area contributed by atoms with Crippen molar-refractivity contribution < 1.29 is 14.0 Å². The van der Waals surface area contributed by atoms with Crippen LogP contribution in [0.1, 0.15) is 6.42 Å². The van der Waals surface area contributed by atoms with E-state index in [0.717, 1.165) is 13.0 Å². The number of rotatable bonds is 7. The van der Waals surface area contributed by atoms with Crippen LogP contribution in [-0.2, 0) is 13.6 Å². The molecule has 1 aromatic carbocycles. The molecule has 1 aromatic heterocycles. The van der Waals surface area contributed by atoms with Gasteiger partial charge < -0.3 is 10.3 Å². The van der Waals surface area contributed by atoms with Crippen LogP contribution in [0.4, 0.5) is 16.0 Å². The van der Waals surface area contributed by atoms with Gasteiger partial charge in [0, 0.05) is 5.11 Å². The molecule has 8 heteroatoms. The van der Waals surface area contributed by atoms with Crippen molar-refractivity contribution in [2.75, 3.05) is 6.54 Å². The van der Waals surface area contributed by atoms with E-state index >= 15 is 0 Å². The summed E-state index contributed by atoms with van der Waals surface area (Å²) in [6, 6.07) is 5.88. The fourth-order valence-corrected chi connectivity index (χ4v) is 1.99. The Morgan fingerprint density at radius 2 is 2.05 bits per heavy atom. The smallest absolute Gasteiger partial charge is 0.421 e. The minimum atomic E-state index is -0.501. The molecular formula is C14H20BFN5O+. The number of nitrogens with zero attached hydrogens (tertiary/aromatic N) is 4. The molecule has 2 N–H and O–H groups in total. The first kappa shape index (κ1) is 16.3. The second-order valence-electron chi connectivity index (χ2n) is 5.06. The predicted molar refractivity (Wildman–Crippen MR) is 82.6 cm³/mol. The molecule has 0 fully saturated rings. The molecule has 0 atom stereocenters. The van der Waals surface area contributed by atoms with Gasteiger partial charge >= 0.3 is 13.0 Å². The zero-order valence-corrected chi connectivity index (χ0v) is 12.8. The van der Waals surface area contributed by atoms with Crippen LogP contribution >= 0.6 is 0 Å². The Bertz CT molecular complexity index is 627. The molecule has 116 valence electrons. The van der Waals surface area contributed by atoms with Crippen LogP contribution in [0.15, 0.2) is 46.9 Å². The van der Waals surface area contributed by atoms with Crippen molar-refractivity contribution in [3.8, 4) is 0 Å². The minimum absolute atomic E-state index is 0.293. The first-order valence-electron chi connectivity index (χ1n) is 7.20. The predicted octanol–water partition coefficient (Wildman–Crippen LogP) is 1.96. The van der Waals surface area contributed by atoms with E-state index in [9.17, 15) is 4.39 Å². The van der Waals surface area contributed by atoms with Crippen LogP contribution in [0.25, 0.3) is 0 Å². The fourth-order valence-electron chi connectivity index (χ4n) is 1.99. The summed E-state index contributed by atoms with van der Waals surface area (Å²) in [6.07, 6.45) is 4.70. The Hall–Kier alpha value is -2.06. The van der Waals surface area contributed by atoms with Crippen LogP contribution in [-0.4, -0.2) is 23.2 Å². The van der Waals surface area contributed by atoms with Crippen molar-refractivity contribution in [3.05, 3.63) is 42.5 Å². The number of benzene rings is 1. The molecule has 0 spiro atoms. The Labute approximate surface area is 129 Å². The summed E-state index contributed by atoms with van der Waals surface area (Å²) in [5.41, 5.74) is 0.602. The van der Waals surface area contributed by atoms with Gasteiger partial charge in [0.2, 0.25) is 0 Å². The van der Waals surface area contributed by atoms with E-state index in [1.54, 1.807) is 19.0 Å². The summed E-state index contributed by atoms with van der Waals surface area (Å²) < 4.78 is 16.7. The highest BCUT2D eigenvalue weighted by molar-refractivity contribution is 6.45. The highest BCUT2D eigenvalue weighted by atomic mass is 19.1. The van der Waals surface area contributed by atoms with Gasteiger partial charge in [-0.25, -0.2) is 13.5 Å². The van der Waals surface area contributed by atoms with E-state index in [2.05, 4.69) is 15.5 Å². The van der Waals surface area contributed by atoms with E-state index in [1.165, 1.54) is 12.1 Å². The molecule has 22 heavy (non-hydrogen) atoms. The summed E-state index contributed by atoms with van der Waals surface area (Å²) >= 11 is 0. The highest BCUT2D eigenvalue weighted by Crippen LogP contribution is 2.16. The Morgan fingerprint density at radius 3 is 2.73 bits per heavy atom. The maximum atomic E-state index is 12.9. The van der Waals surface area contributed by atoms with E-state index in [4.69, 9.17) is 5.02 Å². The van der Waals surface area contributed by atoms with Gasteiger partial charge in [0.15, 0.2) is 0 Å². The standard InChI is InChI=1S/C14H20BFN5O/c1-15(22)17-8-3-9-21-11-10-20(2)14(21)19-18-13-6-4-12(16)5-7-13/h4-7,10-11,17,22H,3,8-9H2,1-2H3/q+1. The number of azo groups is 1. The lowest BCUT2D eigenvalue weighted by atomic mass is 9.89. The van der Waals surface area contributed by atoms with Crippen molar-refractivity contribution in [1.29, 1.82) is 0 Å². The van der Waals surface area contributed by atoms with Crippen LogP contribution in [0.2, 0.25) is 6.82 Å². The molecule has 0 radical (unpaired) electrons. The number of aromatic nitrogens is 2. The van der Waals surface area contributed by atoms with Gasteiger partial charge in [0.1, 0.15) is 11.5 Å². The van der Waals surface area contributed by atoms with Gasteiger partial charge in [0.25, 0.3) is 0 Å². The Morgan fingerprint density at radius 1 is 1.32 bits per heavy atom. The van der Waals surface area contributed by atoms with E-state index in [0.29, 0.717) is 18.2 Å². The van der Waals surface area contributed by atoms with Gasteiger partial charge in [-0.1, -0.05) is 5.11 Å². The van der Waals surface area contributed by atoms with Crippen LogP contribution in [0, 0.1) is 5.82 Å². The molecule has 0 saturated carbocycles. The maximum absolute atomic E-state index is 12.9. The lowest BCUT2D eigenvalue weighted by Gasteiger charge is -2.03. The number of hydrogen-bond acceptors (Lipinski definition) is 4. The summed E-state index contributed by atoms with van der Waals surface area (Å²) in [4.78, 5) is 0. The lowest BCUT2D eigenvalue weighted by molar-refractivity contribution is -0.657. The molecular weight excluding hydrogens is 284 g/mol. The monoisotopic (exact) mass is 304 g/mol. The van der Waals surface area contributed by atoms with Gasteiger partial charge in [-0.05, 0) is 44.1 Å². The number of imidazole rings is 1. The third kappa shape index (κ3) is 4.75. The largest absolute Gasteiger partial charge is 0.437 e. The summed E-state index contributed by atoms with van der Waals surface area (Å²) in [5.74, 6) is 0.417. The van der Waals surface area contributed by atoms with Crippen LogP contribution in [0.5, 0.6) is 0 Å². The molecule has 6 nitrogen and oxygen atoms in total. The summed E-state index contributed by atoms with van der Waals surface area (Å²) in [6.45, 7) is 3.17. The van der Waals surface area contributed by atoms with Gasteiger partial charge in [-0.15, -0.1) is 0 Å². The Kier molecular flexibility index (Phi) is 5.79. The van der Waals surface area contributed by atoms with E-state index in [1.807, 2.05) is 28.6 Å². The van der Waals surface area contributed by atoms with Crippen molar-refractivity contribution >= 4 is 18.7 Å². The van der Waals surface area contributed by atoms with Gasteiger partial charge in [0.05, 0.1) is 26.0 Å². The van der Waals surface area contributed by atoms with E-state index in [-0.39, 0.29) is 5.82 Å². The molecule has 0 aliphatic heterocycles. The quantitative estimate of drug-likeness (QED) is 0.355. The number of aryl methyl sites for hydroxylation is 2. The second kappa shape index (κ2) is 7.81. The minimum Gasteiger partial charge on any atom is -0.437 e. The van der Waals surface area contributed by atoms with Crippen molar-refractivity contribution in [2.24, 2.45) is 17.3 Å². The second-order valence-corrected chi connectivity index (χ2v) is 5.06. The fraction of sp³-hybridized carbons (Fsp3) is 0.357. The molecule has 0 aliphatic rings. The highest BCUT2D eigenvalue weighted by Gasteiger charge is 2.14. The molecule has 0 unspecified atom stereocenters. The molecule has 0 amide bonds. The summed E-state index contributed by atoms with van der Waals surface area (Å²) in [7, 11) is 1.39. The maximum Gasteiger partial charge on any atom is 0.421 e. The van der Waals surface area contributed by atoms with Crippen LogP contribution < -0.4 is 9.79 Å². The molecule has 0 aliphatic carbocycles. The normalized spacial score (nSPS) is 11.3. The lowest BCUT2D eigenvalue weighted by Crippen LogP contribution is -2.31. The first-order valence-corrected chi connectivity index (χ1v) is 7.20. The average Bonchev–Trinajstić information content (AvgIpc) is 2.83.